The van der Waals surface area contributed by atoms with Crippen LogP contribution in [0.1, 0.15) is 27.8 Å². The number of amides is 1. The number of ketones is 1. The zero-order valence-electron chi connectivity index (χ0n) is 14.3. The Morgan fingerprint density at radius 1 is 1.04 bits per heavy atom. The molecule has 0 aliphatic heterocycles. The highest BCUT2D eigenvalue weighted by atomic mass is 32.2. The molecule has 9 heteroatoms. The van der Waals surface area contributed by atoms with Crippen molar-refractivity contribution in [1.82, 2.24) is 19.8 Å². The molecule has 3 rings (SSSR count). The Bertz CT molecular complexity index is 1090. The number of para-hydroxylation sites is 1. The second-order valence-electron chi connectivity index (χ2n) is 5.63. The number of hydrazine groups is 1. The van der Waals surface area contributed by atoms with Gasteiger partial charge in [0.1, 0.15) is 5.69 Å². The van der Waals surface area contributed by atoms with E-state index in [1.807, 2.05) is 23.0 Å². The molecular weight excluding hydrogens is 368 g/mol. The molecule has 2 aromatic carbocycles. The van der Waals surface area contributed by atoms with Crippen molar-refractivity contribution in [2.24, 2.45) is 0 Å². The van der Waals surface area contributed by atoms with Crippen LogP contribution >= 0.6 is 0 Å². The molecule has 0 bridgehead atoms. The molecule has 27 heavy (non-hydrogen) atoms. The molecule has 0 fully saturated rings. The maximum atomic E-state index is 12.4. The van der Waals surface area contributed by atoms with E-state index in [2.05, 4.69) is 10.4 Å². The highest BCUT2D eigenvalue weighted by molar-refractivity contribution is 7.89. The molecule has 0 unspecified atom stereocenters. The average Bonchev–Trinajstić information content (AvgIpc) is 3.17. The van der Waals surface area contributed by atoms with E-state index < -0.39 is 15.9 Å². The van der Waals surface area contributed by atoms with Crippen molar-refractivity contribution < 1.29 is 18.0 Å². The Morgan fingerprint density at radius 3 is 2.48 bits per heavy atom. The smallest absolute Gasteiger partial charge is 0.284 e. The molecule has 0 saturated heterocycles. The highest BCUT2D eigenvalue weighted by Gasteiger charge is 2.19. The monoisotopic (exact) mass is 384 g/mol. The summed E-state index contributed by atoms with van der Waals surface area (Å²) in [7, 11) is -4.04. The summed E-state index contributed by atoms with van der Waals surface area (Å²) in [5, 5.41) is 0. The number of aromatic nitrogens is 2. The summed E-state index contributed by atoms with van der Waals surface area (Å²) >= 11 is 0. The zero-order valence-corrected chi connectivity index (χ0v) is 15.1. The number of carbonyl (C=O) groups is 2. The topological polar surface area (TPSA) is 110 Å². The van der Waals surface area contributed by atoms with Crippen LogP contribution in [0.25, 0.3) is 5.69 Å². The van der Waals surface area contributed by atoms with Crippen LogP contribution in [0.2, 0.25) is 0 Å². The Kier molecular flexibility index (Phi) is 5.15. The van der Waals surface area contributed by atoms with Gasteiger partial charge in [0, 0.05) is 11.3 Å². The molecule has 1 amide bonds. The maximum absolute atomic E-state index is 12.4. The SMILES string of the molecule is CC(=O)c1cccc(S(=O)(=O)NNC(=O)c2cncn2-c2ccccc2)c1. The van der Waals surface area contributed by atoms with Crippen molar-refractivity contribution in [3.63, 3.8) is 0 Å². The van der Waals surface area contributed by atoms with Gasteiger partial charge < -0.3 is 0 Å². The van der Waals surface area contributed by atoms with Crippen LogP contribution in [0.5, 0.6) is 0 Å². The van der Waals surface area contributed by atoms with Gasteiger partial charge in [0.25, 0.3) is 15.9 Å². The van der Waals surface area contributed by atoms with Gasteiger partial charge >= 0.3 is 0 Å². The average molecular weight is 384 g/mol. The van der Waals surface area contributed by atoms with Gasteiger partial charge in [-0.1, -0.05) is 30.3 Å². The molecule has 0 aliphatic carbocycles. The number of hydrogen-bond donors (Lipinski definition) is 2. The largest absolute Gasteiger partial charge is 0.295 e. The first-order chi connectivity index (χ1) is 12.9. The fraction of sp³-hybridized carbons (Fsp3) is 0.0556. The number of rotatable bonds is 6. The lowest BCUT2D eigenvalue weighted by molar-refractivity contribution is 0.0937. The molecule has 0 aliphatic rings. The summed E-state index contributed by atoms with van der Waals surface area (Å²) in [4.78, 5) is 29.7. The molecule has 2 N–H and O–H groups in total. The first kappa shape index (κ1) is 18.5. The Morgan fingerprint density at radius 2 is 1.78 bits per heavy atom. The second-order valence-corrected chi connectivity index (χ2v) is 7.31. The summed E-state index contributed by atoms with van der Waals surface area (Å²) in [5.74, 6) is -0.939. The first-order valence-corrected chi connectivity index (χ1v) is 9.38. The number of hydrogen-bond acceptors (Lipinski definition) is 5. The predicted molar refractivity (Wildman–Crippen MR) is 97.8 cm³/mol. The molecule has 1 heterocycles. The number of carbonyl (C=O) groups excluding carboxylic acids is 2. The van der Waals surface area contributed by atoms with Crippen LogP contribution < -0.4 is 10.3 Å². The van der Waals surface area contributed by atoms with Gasteiger partial charge in [0.2, 0.25) is 0 Å². The fourth-order valence-corrected chi connectivity index (χ4v) is 3.26. The molecule has 0 spiro atoms. The van der Waals surface area contributed by atoms with Crippen LogP contribution in [0.4, 0.5) is 0 Å². The van der Waals surface area contributed by atoms with E-state index in [-0.39, 0.29) is 21.9 Å². The number of Topliss-reactive ketones (excluding diaryl/α,β-unsaturated/α-hetero) is 1. The number of imidazole rings is 1. The molecular formula is C18H16N4O4S. The number of nitrogens with one attached hydrogen (secondary N) is 2. The quantitative estimate of drug-likeness (QED) is 0.496. The van der Waals surface area contributed by atoms with E-state index in [1.165, 1.54) is 48.3 Å². The van der Waals surface area contributed by atoms with Crippen molar-refractivity contribution in [3.05, 3.63) is 78.4 Å². The van der Waals surface area contributed by atoms with Gasteiger partial charge in [-0.3, -0.25) is 19.6 Å². The van der Waals surface area contributed by atoms with E-state index in [9.17, 15) is 18.0 Å². The van der Waals surface area contributed by atoms with Gasteiger partial charge in [-0.2, -0.15) is 0 Å². The van der Waals surface area contributed by atoms with Crippen LogP contribution in [0.15, 0.2) is 72.0 Å². The minimum Gasteiger partial charge on any atom is -0.295 e. The van der Waals surface area contributed by atoms with Crippen LogP contribution in [0.3, 0.4) is 0 Å². The highest BCUT2D eigenvalue weighted by Crippen LogP contribution is 2.13. The molecule has 0 atom stereocenters. The molecule has 138 valence electrons. The molecule has 8 nitrogen and oxygen atoms in total. The van der Waals surface area contributed by atoms with Crippen molar-refractivity contribution in [1.29, 1.82) is 0 Å². The predicted octanol–water partition coefficient (Wildman–Crippen LogP) is 1.70. The molecule has 3 aromatic rings. The lowest BCUT2D eigenvalue weighted by Crippen LogP contribution is -2.42. The van der Waals surface area contributed by atoms with E-state index in [0.29, 0.717) is 5.69 Å². The normalized spacial score (nSPS) is 11.1. The van der Waals surface area contributed by atoms with Crippen molar-refractivity contribution in [2.75, 3.05) is 0 Å². The van der Waals surface area contributed by atoms with E-state index in [4.69, 9.17) is 0 Å². The van der Waals surface area contributed by atoms with Gasteiger partial charge in [-0.25, -0.2) is 13.4 Å². The number of benzene rings is 2. The van der Waals surface area contributed by atoms with Gasteiger partial charge in [0.05, 0.1) is 17.4 Å². The molecule has 0 saturated carbocycles. The molecule has 0 radical (unpaired) electrons. The van der Waals surface area contributed by atoms with Crippen LogP contribution in [-0.2, 0) is 10.0 Å². The van der Waals surface area contributed by atoms with Gasteiger partial charge in [-0.05, 0) is 31.2 Å². The number of nitrogens with zero attached hydrogens (tertiary/aromatic N) is 2. The zero-order chi connectivity index (χ0) is 19.4. The van der Waals surface area contributed by atoms with Crippen molar-refractivity contribution in [2.45, 2.75) is 11.8 Å². The maximum Gasteiger partial charge on any atom is 0.284 e. The minimum absolute atomic E-state index is 0.132. The summed E-state index contributed by atoms with van der Waals surface area (Å²) in [5.41, 5.74) is 3.28. The molecule has 1 aromatic heterocycles. The Hall–Kier alpha value is -3.30. The fourth-order valence-electron chi connectivity index (χ4n) is 2.38. The Labute approximate surface area is 155 Å². The first-order valence-electron chi connectivity index (χ1n) is 7.89. The minimum atomic E-state index is -4.04. The summed E-state index contributed by atoms with van der Waals surface area (Å²) < 4.78 is 26.3. The van der Waals surface area contributed by atoms with E-state index in [1.54, 1.807) is 12.1 Å². The summed E-state index contributed by atoms with van der Waals surface area (Å²) in [6, 6.07) is 14.6. The van der Waals surface area contributed by atoms with Crippen molar-refractivity contribution in [3.8, 4) is 5.69 Å². The van der Waals surface area contributed by atoms with Crippen molar-refractivity contribution >= 4 is 21.7 Å². The third kappa shape index (κ3) is 4.10. The standard InChI is InChI=1S/C18H16N4O4S/c1-13(23)14-6-5-9-16(10-14)27(25,26)21-20-18(24)17-11-19-12-22(17)15-7-3-2-4-8-15/h2-12,21H,1H3,(H,20,24). The third-order valence-electron chi connectivity index (χ3n) is 3.76. The summed E-state index contributed by atoms with van der Waals surface area (Å²) in [6.45, 7) is 1.34. The van der Waals surface area contributed by atoms with E-state index >= 15 is 0 Å². The van der Waals surface area contributed by atoms with Gasteiger partial charge in [-0.15, -0.1) is 4.83 Å². The Balaban J connectivity index is 1.77. The third-order valence-corrected chi connectivity index (χ3v) is 5.00. The van der Waals surface area contributed by atoms with Gasteiger partial charge in [0.15, 0.2) is 5.78 Å². The van der Waals surface area contributed by atoms with Crippen LogP contribution in [0, 0.1) is 0 Å². The van der Waals surface area contributed by atoms with Crippen LogP contribution in [-0.4, -0.2) is 29.7 Å². The second kappa shape index (κ2) is 7.52. The van der Waals surface area contributed by atoms with E-state index in [0.717, 1.165) is 0 Å². The number of sulfonamides is 1. The summed E-state index contributed by atoms with van der Waals surface area (Å²) in [6.07, 6.45) is 2.78. The lowest BCUT2D eigenvalue weighted by Gasteiger charge is -2.11. The lowest BCUT2D eigenvalue weighted by atomic mass is 10.2.